The van der Waals surface area contributed by atoms with Gasteiger partial charge in [0.1, 0.15) is 11.6 Å². The molecule has 7 heteroatoms. The third-order valence-corrected chi connectivity index (χ3v) is 8.72. The molecule has 2 heterocycles. The van der Waals surface area contributed by atoms with Crippen LogP contribution in [0.2, 0.25) is 0 Å². The Labute approximate surface area is 242 Å². The first-order valence-electron chi connectivity index (χ1n) is 14.7. The molecule has 2 saturated heterocycles. The van der Waals surface area contributed by atoms with E-state index < -0.39 is 0 Å². The van der Waals surface area contributed by atoms with Gasteiger partial charge in [-0.25, -0.2) is 4.39 Å². The number of nitrogens with one attached hydrogen (secondary N) is 1. The summed E-state index contributed by atoms with van der Waals surface area (Å²) < 4.78 is 13.3. The van der Waals surface area contributed by atoms with Crippen LogP contribution in [0.5, 0.6) is 5.75 Å². The molecule has 0 spiro atoms. The molecule has 0 radical (unpaired) electrons. The number of aryl methyl sites for hydroxylation is 2. The van der Waals surface area contributed by atoms with E-state index in [0.29, 0.717) is 35.6 Å². The lowest BCUT2D eigenvalue weighted by molar-refractivity contribution is -0.132. The van der Waals surface area contributed by atoms with Gasteiger partial charge in [-0.2, -0.15) is 0 Å². The van der Waals surface area contributed by atoms with Crippen LogP contribution in [0.15, 0.2) is 60.7 Å². The number of phenols is 1. The highest BCUT2D eigenvalue weighted by Crippen LogP contribution is 2.25. The van der Waals surface area contributed by atoms with Gasteiger partial charge in [-0.15, -0.1) is 0 Å². The van der Waals surface area contributed by atoms with E-state index in [-0.39, 0.29) is 29.4 Å². The van der Waals surface area contributed by atoms with Gasteiger partial charge in [-0.1, -0.05) is 36.4 Å². The first kappa shape index (κ1) is 28.8. The highest BCUT2D eigenvalue weighted by molar-refractivity contribution is 5.95. The lowest BCUT2D eigenvalue weighted by Gasteiger charge is -2.42. The van der Waals surface area contributed by atoms with Gasteiger partial charge in [0.05, 0.1) is 6.42 Å². The Hall–Kier alpha value is -3.71. The summed E-state index contributed by atoms with van der Waals surface area (Å²) in [5, 5.41) is 13.2. The average molecular weight is 558 g/mol. The first-order chi connectivity index (χ1) is 19.8. The van der Waals surface area contributed by atoms with Crippen molar-refractivity contribution < 1.29 is 19.1 Å². The molecule has 0 aliphatic carbocycles. The zero-order chi connectivity index (χ0) is 28.9. The van der Waals surface area contributed by atoms with Gasteiger partial charge in [0.15, 0.2) is 0 Å². The molecule has 0 bridgehead atoms. The van der Waals surface area contributed by atoms with Crippen molar-refractivity contribution in [1.82, 2.24) is 15.1 Å². The molecule has 216 valence electrons. The van der Waals surface area contributed by atoms with E-state index in [1.165, 1.54) is 12.1 Å². The summed E-state index contributed by atoms with van der Waals surface area (Å²) in [6.45, 7) is 7.03. The summed E-state index contributed by atoms with van der Waals surface area (Å²) in [6, 6.07) is 18.7. The van der Waals surface area contributed by atoms with Crippen LogP contribution in [0.4, 0.5) is 4.39 Å². The van der Waals surface area contributed by atoms with Crippen LogP contribution in [-0.2, 0) is 17.6 Å². The number of aromatic hydroxyl groups is 1. The van der Waals surface area contributed by atoms with Crippen molar-refractivity contribution in [3.05, 3.63) is 99.9 Å². The number of rotatable bonds is 7. The van der Waals surface area contributed by atoms with Gasteiger partial charge in [0.25, 0.3) is 5.91 Å². The maximum Gasteiger partial charge on any atom is 0.251 e. The van der Waals surface area contributed by atoms with E-state index >= 15 is 0 Å². The third-order valence-electron chi connectivity index (χ3n) is 8.72. The lowest BCUT2D eigenvalue weighted by Crippen LogP contribution is -2.52. The molecular formula is C34H40FN3O3. The predicted molar refractivity (Wildman–Crippen MR) is 159 cm³/mol. The topological polar surface area (TPSA) is 72.9 Å². The fourth-order valence-corrected chi connectivity index (χ4v) is 6.24. The quantitative estimate of drug-likeness (QED) is 0.421. The highest BCUT2D eigenvalue weighted by Gasteiger charge is 2.30. The normalized spacial score (nSPS) is 17.0. The maximum atomic E-state index is 13.3. The predicted octanol–water partition coefficient (Wildman–Crippen LogP) is 5.17. The van der Waals surface area contributed by atoms with E-state index in [1.807, 2.05) is 36.9 Å². The van der Waals surface area contributed by atoms with E-state index in [4.69, 9.17) is 0 Å². The molecule has 41 heavy (non-hydrogen) atoms. The number of carbonyl (C=O) groups excluding carboxylic acids is 2. The monoisotopic (exact) mass is 557 g/mol. The molecule has 0 atom stereocenters. The minimum atomic E-state index is -0.243. The number of carbonyl (C=O) groups is 2. The van der Waals surface area contributed by atoms with Crippen molar-refractivity contribution in [3.8, 4) is 5.75 Å². The molecule has 3 aromatic carbocycles. The smallest absolute Gasteiger partial charge is 0.251 e. The van der Waals surface area contributed by atoms with Gasteiger partial charge in [-0.05, 0) is 98.0 Å². The fraction of sp³-hybridized carbons (Fsp3) is 0.412. The van der Waals surface area contributed by atoms with Gasteiger partial charge in [0, 0.05) is 43.8 Å². The van der Waals surface area contributed by atoms with E-state index in [0.717, 1.165) is 68.6 Å². The lowest BCUT2D eigenvalue weighted by atomic mass is 9.95. The number of hydrogen-bond acceptors (Lipinski definition) is 4. The minimum absolute atomic E-state index is 0.0827. The number of halogens is 1. The van der Waals surface area contributed by atoms with Crippen molar-refractivity contribution in [2.45, 2.75) is 64.5 Å². The first-order valence-corrected chi connectivity index (χ1v) is 14.7. The van der Waals surface area contributed by atoms with Gasteiger partial charge in [-0.3, -0.25) is 9.59 Å². The summed E-state index contributed by atoms with van der Waals surface area (Å²) >= 11 is 0. The molecule has 2 N–H and O–H groups in total. The van der Waals surface area contributed by atoms with Crippen LogP contribution < -0.4 is 5.32 Å². The second-order valence-corrected chi connectivity index (χ2v) is 11.6. The van der Waals surface area contributed by atoms with Crippen LogP contribution in [0.1, 0.15) is 63.9 Å². The van der Waals surface area contributed by atoms with E-state index in [2.05, 4.69) is 16.3 Å². The Bertz CT molecular complexity index is 1350. The molecule has 5 rings (SSSR count). The van der Waals surface area contributed by atoms with E-state index in [9.17, 15) is 19.1 Å². The van der Waals surface area contributed by atoms with Crippen LogP contribution >= 0.6 is 0 Å². The van der Waals surface area contributed by atoms with Crippen LogP contribution in [0.3, 0.4) is 0 Å². The van der Waals surface area contributed by atoms with Crippen molar-refractivity contribution in [1.29, 1.82) is 0 Å². The minimum Gasteiger partial charge on any atom is -0.507 e. The number of likely N-dealkylation sites (tertiary alicyclic amines) is 2. The standard InChI is InChI=1S/C34H40FN3O3/c1-23-19-28(20-24(2)33(23)40)34(41)36-30-11-15-37(16-12-30)31-13-17-38(18-14-31)32(39)22-27-6-4-3-5-26(27)21-25-7-9-29(35)10-8-25/h3-10,19-20,30-31,40H,11-18,21-22H2,1-2H3,(H,36,41). The molecular weight excluding hydrogens is 517 g/mol. The number of piperidine rings is 2. The Balaban J connectivity index is 1.08. The number of phenolic OH excluding ortho intramolecular Hbond substituents is 1. The summed E-state index contributed by atoms with van der Waals surface area (Å²) in [6.07, 6.45) is 4.80. The Kier molecular flexibility index (Phi) is 9.03. The number of hydrogen-bond donors (Lipinski definition) is 2. The third kappa shape index (κ3) is 7.14. The number of benzene rings is 3. The zero-order valence-corrected chi connectivity index (χ0v) is 24.0. The van der Waals surface area contributed by atoms with E-state index in [1.54, 1.807) is 24.3 Å². The molecule has 0 saturated carbocycles. The van der Waals surface area contributed by atoms with Gasteiger partial charge in [0.2, 0.25) is 5.91 Å². The molecule has 3 aromatic rings. The number of amides is 2. The summed E-state index contributed by atoms with van der Waals surface area (Å²) in [5.74, 6) is 0.0821. The molecule has 2 fully saturated rings. The average Bonchev–Trinajstić information content (AvgIpc) is 2.98. The van der Waals surface area contributed by atoms with Crippen LogP contribution in [0, 0.1) is 19.7 Å². The summed E-state index contributed by atoms with van der Waals surface area (Å²) in [4.78, 5) is 30.6. The SMILES string of the molecule is Cc1cc(C(=O)NC2CCN(C3CCN(C(=O)Cc4ccccc4Cc4ccc(F)cc4)CC3)CC2)cc(C)c1O. The van der Waals surface area contributed by atoms with Crippen molar-refractivity contribution >= 4 is 11.8 Å². The molecule has 2 amide bonds. The highest BCUT2D eigenvalue weighted by atomic mass is 19.1. The second-order valence-electron chi connectivity index (χ2n) is 11.6. The summed E-state index contributed by atoms with van der Waals surface area (Å²) in [5.41, 5.74) is 5.18. The van der Waals surface area contributed by atoms with Crippen LogP contribution in [0.25, 0.3) is 0 Å². The van der Waals surface area contributed by atoms with Gasteiger partial charge >= 0.3 is 0 Å². The molecule has 6 nitrogen and oxygen atoms in total. The molecule has 2 aliphatic rings. The number of nitrogens with zero attached hydrogens (tertiary/aromatic N) is 2. The molecule has 0 aromatic heterocycles. The van der Waals surface area contributed by atoms with Crippen molar-refractivity contribution in [3.63, 3.8) is 0 Å². The van der Waals surface area contributed by atoms with Crippen molar-refractivity contribution in [2.75, 3.05) is 26.2 Å². The Morgan fingerprint density at radius 1 is 0.878 bits per heavy atom. The maximum absolute atomic E-state index is 13.3. The van der Waals surface area contributed by atoms with Gasteiger partial charge < -0.3 is 20.2 Å². The molecule has 2 aliphatic heterocycles. The summed E-state index contributed by atoms with van der Waals surface area (Å²) in [7, 11) is 0. The zero-order valence-electron chi connectivity index (χ0n) is 24.0. The second kappa shape index (κ2) is 12.9. The largest absolute Gasteiger partial charge is 0.507 e. The fourth-order valence-electron chi connectivity index (χ4n) is 6.24. The van der Waals surface area contributed by atoms with Crippen LogP contribution in [-0.4, -0.2) is 65.0 Å². The Morgan fingerprint density at radius 2 is 1.49 bits per heavy atom. The Morgan fingerprint density at radius 3 is 2.12 bits per heavy atom. The van der Waals surface area contributed by atoms with Crippen molar-refractivity contribution in [2.24, 2.45) is 0 Å². The molecule has 0 unspecified atom stereocenters.